The molecule has 0 unspecified atom stereocenters. The standard InChI is InChI=1S/C14H17BrFNO/c1-9-7-8-11(16)12(13(9)15)14(18)17-10-5-3-2-4-6-10/h7-8,10H,2-6H2,1H3,(H,17,18). The monoisotopic (exact) mass is 313 g/mol. The van der Waals surface area contributed by atoms with E-state index in [1.807, 2.05) is 6.92 Å². The molecule has 0 aromatic heterocycles. The summed E-state index contributed by atoms with van der Waals surface area (Å²) in [5.74, 6) is -0.782. The van der Waals surface area contributed by atoms with Crippen molar-refractivity contribution in [3.63, 3.8) is 0 Å². The first-order valence-electron chi connectivity index (χ1n) is 6.35. The van der Waals surface area contributed by atoms with Gasteiger partial charge in [0.1, 0.15) is 5.82 Å². The highest BCUT2D eigenvalue weighted by atomic mass is 79.9. The van der Waals surface area contributed by atoms with Gasteiger partial charge < -0.3 is 5.32 Å². The lowest BCUT2D eigenvalue weighted by atomic mass is 9.95. The fourth-order valence-electron chi connectivity index (χ4n) is 2.37. The second kappa shape index (κ2) is 5.83. The molecule has 1 aromatic carbocycles. The third-order valence-corrected chi connectivity index (χ3v) is 4.47. The number of carbonyl (C=O) groups is 1. The molecule has 2 rings (SSSR count). The van der Waals surface area contributed by atoms with Crippen LogP contribution in [0.25, 0.3) is 0 Å². The SMILES string of the molecule is Cc1ccc(F)c(C(=O)NC2CCCCC2)c1Br. The van der Waals surface area contributed by atoms with Crippen LogP contribution in [0, 0.1) is 12.7 Å². The fraction of sp³-hybridized carbons (Fsp3) is 0.500. The minimum Gasteiger partial charge on any atom is -0.349 e. The van der Waals surface area contributed by atoms with Crippen LogP contribution >= 0.6 is 15.9 Å². The number of benzene rings is 1. The lowest BCUT2D eigenvalue weighted by Gasteiger charge is -2.23. The molecule has 1 aliphatic carbocycles. The molecule has 1 aromatic rings. The maximum absolute atomic E-state index is 13.7. The Balaban J connectivity index is 2.15. The van der Waals surface area contributed by atoms with E-state index < -0.39 is 5.82 Å². The molecule has 1 saturated carbocycles. The average Bonchev–Trinajstić information content (AvgIpc) is 2.36. The van der Waals surface area contributed by atoms with Gasteiger partial charge in [-0.1, -0.05) is 25.3 Å². The van der Waals surface area contributed by atoms with Crippen molar-refractivity contribution in [2.45, 2.75) is 45.1 Å². The van der Waals surface area contributed by atoms with Gasteiger partial charge in [0, 0.05) is 10.5 Å². The van der Waals surface area contributed by atoms with Gasteiger partial charge in [0.05, 0.1) is 5.56 Å². The van der Waals surface area contributed by atoms with Crippen LogP contribution in [-0.4, -0.2) is 11.9 Å². The van der Waals surface area contributed by atoms with Crippen LogP contribution < -0.4 is 5.32 Å². The summed E-state index contributed by atoms with van der Waals surface area (Å²) in [4.78, 5) is 12.1. The van der Waals surface area contributed by atoms with Gasteiger partial charge >= 0.3 is 0 Å². The third kappa shape index (κ3) is 2.91. The number of halogens is 2. The molecule has 0 spiro atoms. The molecule has 2 nitrogen and oxygen atoms in total. The number of aryl methyl sites for hydroxylation is 1. The highest BCUT2D eigenvalue weighted by Crippen LogP contribution is 2.25. The van der Waals surface area contributed by atoms with E-state index in [0.717, 1.165) is 31.2 Å². The maximum Gasteiger partial charge on any atom is 0.255 e. The predicted molar refractivity (Wildman–Crippen MR) is 73.2 cm³/mol. The third-order valence-electron chi connectivity index (χ3n) is 3.45. The van der Waals surface area contributed by atoms with E-state index in [1.165, 1.54) is 12.5 Å². The normalized spacial score (nSPS) is 16.6. The maximum atomic E-state index is 13.7. The number of carbonyl (C=O) groups excluding carboxylic acids is 1. The zero-order valence-corrected chi connectivity index (χ0v) is 12.0. The first-order valence-corrected chi connectivity index (χ1v) is 7.14. The average molecular weight is 314 g/mol. The molecule has 0 heterocycles. The van der Waals surface area contributed by atoms with Gasteiger partial charge in [-0.3, -0.25) is 4.79 Å². The number of hydrogen-bond acceptors (Lipinski definition) is 1. The predicted octanol–water partition coefficient (Wildman–Crippen LogP) is 3.96. The van der Waals surface area contributed by atoms with E-state index in [1.54, 1.807) is 6.07 Å². The van der Waals surface area contributed by atoms with Crippen molar-refractivity contribution in [2.24, 2.45) is 0 Å². The molecule has 1 N–H and O–H groups in total. The van der Waals surface area contributed by atoms with Crippen LogP contribution in [0.15, 0.2) is 16.6 Å². The van der Waals surface area contributed by atoms with Crippen molar-refractivity contribution in [3.05, 3.63) is 33.5 Å². The Kier molecular flexibility index (Phi) is 4.38. The fourth-order valence-corrected chi connectivity index (χ4v) is 2.87. The summed E-state index contributed by atoms with van der Waals surface area (Å²) in [6.07, 6.45) is 5.51. The van der Waals surface area contributed by atoms with E-state index >= 15 is 0 Å². The zero-order valence-electron chi connectivity index (χ0n) is 10.4. The molecule has 1 fully saturated rings. The van der Waals surface area contributed by atoms with Gasteiger partial charge in [-0.15, -0.1) is 0 Å². The summed E-state index contributed by atoms with van der Waals surface area (Å²) in [6, 6.07) is 3.20. The van der Waals surface area contributed by atoms with Crippen LogP contribution in [0.3, 0.4) is 0 Å². The molecule has 0 aliphatic heterocycles. The van der Waals surface area contributed by atoms with Crippen molar-refractivity contribution < 1.29 is 9.18 Å². The largest absolute Gasteiger partial charge is 0.349 e. The van der Waals surface area contributed by atoms with Gasteiger partial charge in [0.2, 0.25) is 0 Å². The summed E-state index contributed by atoms with van der Waals surface area (Å²) in [7, 11) is 0. The van der Waals surface area contributed by atoms with E-state index in [4.69, 9.17) is 0 Å². The second-order valence-corrected chi connectivity index (χ2v) is 5.65. The Morgan fingerprint density at radius 2 is 2.00 bits per heavy atom. The van der Waals surface area contributed by atoms with Crippen molar-refractivity contribution in [3.8, 4) is 0 Å². The van der Waals surface area contributed by atoms with E-state index in [9.17, 15) is 9.18 Å². The van der Waals surface area contributed by atoms with Crippen molar-refractivity contribution >= 4 is 21.8 Å². The molecule has 0 saturated heterocycles. The summed E-state index contributed by atoms with van der Waals surface area (Å²) in [5, 5.41) is 2.94. The Morgan fingerprint density at radius 1 is 1.33 bits per heavy atom. The molecule has 1 amide bonds. The smallest absolute Gasteiger partial charge is 0.255 e. The van der Waals surface area contributed by atoms with Crippen LogP contribution in [0.1, 0.15) is 48.0 Å². The summed E-state index contributed by atoms with van der Waals surface area (Å²) >= 11 is 3.30. The van der Waals surface area contributed by atoms with E-state index in [0.29, 0.717) is 4.47 Å². The van der Waals surface area contributed by atoms with Crippen molar-refractivity contribution in [2.75, 3.05) is 0 Å². The Labute approximate surface area is 115 Å². The Morgan fingerprint density at radius 3 is 2.67 bits per heavy atom. The molecule has 98 valence electrons. The van der Waals surface area contributed by atoms with Gasteiger partial charge in [0.25, 0.3) is 5.91 Å². The Hall–Kier alpha value is -0.900. The molecule has 1 aliphatic rings. The van der Waals surface area contributed by atoms with E-state index in [-0.39, 0.29) is 17.5 Å². The summed E-state index contributed by atoms with van der Waals surface area (Å²) < 4.78 is 14.3. The van der Waals surface area contributed by atoms with Gasteiger partial charge in [0.15, 0.2) is 0 Å². The van der Waals surface area contributed by atoms with Crippen LogP contribution in [0.5, 0.6) is 0 Å². The number of nitrogens with one attached hydrogen (secondary N) is 1. The minimum atomic E-state index is -0.471. The summed E-state index contributed by atoms with van der Waals surface area (Å²) in [5.41, 5.74) is 0.991. The topological polar surface area (TPSA) is 29.1 Å². The highest BCUT2D eigenvalue weighted by molar-refractivity contribution is 9.10. The van der Waals surface area contributed by atoms with Crippen molar-refractivity contribution in [1.82, 2.24) is 5.32 Å². The molecule has 0 atom stereocenters. The van der Waals surface area contributed by atoms with Gasteiger partial charge in [-0.2, -0.15) is 0 Å². The van der Waals surface area contributed by atoms with Crippen LogP contribution in [0.2, 0.25) is 0 Å². The van der Waals surface area contributed by atoms with E-state index in [2.05, 4.69) is 21.2 Å². The molecular weight excluding hydrogens is 297 g/mol. The molecule has 18 heavy (non-hydrogen) atoms. The second-order valence-electron chi connectivity index (χ2n) is 4.86. The number of amides is 1. The van der Waals surface area contributed by atoms with Gasteiger partial charge in [-0.05, 0) is 47.3 Å². The lowest BCUT2D eigenvalue weighted by molar-refractivity contribution is 0.0922. The lowest BCUT2D eigenvalue weighted by Crippen LogP contribution is -2.36. The highest BCUT2D eigenvalue weighted by Gasteiger charge is 2.21. The quantitative estimate of drug-likeness (QED) is 0.879. The minimum absolute atomic E-state index is 0.126. The number of rotatable bonds is 2. The van der Waals surface area contributed by atoms with Crippen LogP contribution in [0.4, 0.5) is 4.39 Å². The first-order chi connectivity index (χ1) is 8.59. The molecule has 4 heteroatoms. The van der Waals surface area contributed by atoms with Crippen LogP contribution in [-0.2, 0) is 0 Å². The molecule has 0 radical (unpaired) electrons. The van der Waals surface area contributed by atoms with Crippen molar-refractivity contribution in [1.29, 1.82) is 0 Å². The first kappa shape index (κ1) is 13.5. The Bertz CT molecular complexity index is 455. The van der Waals surface area contributed by atoms with Gasteiger partial charge in [-0.25, -0.2) is 4.39 Å². The molecule has 0 bridgehead atoms. The zero-order chi connectivity index (χ0) is 13.1. The summed E-state index contributed by atoms with van der Waals surface area (Å²) in [6.45, 7) is 1.85. The number of hydrogen-bond donors (Lipinski definition) is 1. The molecular formula is C14H17BrFNO.